The van der Waals surface area contributed by atoms with Crippen LogP contribution in [0.3, 0.4) is 0 Å². The van der Waals surface area contributed by atoms with E-state index in [-0.39, 0.29) is 0 Å². The SMILES string of the molecule is CN(C[C@@H]1CCCN(C)[C@H]1c1ccnn1C)c1nccn2cnnc12. The average Bonchev–Trinajstić information content (AvgIpc) is 3.23. The molecule has 0 spiro atoms. The highest BCUT2D eigenvalue weighted by molar-refractivity contribution is 5.62. The standard InChI is InChI=1S/C17H24N8/c1-22-9-4-5-13(15(22)14-6-7-20-24(14)3)11-23(2)16-17-21-19-12-25(17)10-8-18-16/h6-8,10,12-13,15H,4-5,9,11H2,1-3H3/t13-,15+/m0/s1. The van der Waals surface area contributed by atoms with Gasteiger partial charge in [0.05, 0.1) is 11.7 Å². The first-order valence-electron chi connectivity index (χ1n) is 8.69. The Morgan fingerprint density at radius 3 is 2.96 bits per heavy atom. The summed E-state index contributed by atoms with van der Waals surface area (Å²) in [6.45, 7) is 2.04. The molecule has 1 aliphatic heterocycles. The minimum absolute atomic E-state index is 0.362. The van der Waals surface area contributed by atoms with Gasteiger partial charge in [-0.15, -0.1) is 10.2 Å². The summed E-state index contributed by atoms with van der Waals surface area (Å²) in [5.74, 6) is 1.38. The molecule has 0 N–H and O–H groups in total. The molecule has 0 amide bonds. The molecule has 0 unspecified atom stereocenters. The summed E-state index contributed by atoms with van der Waals surface area (Å²) in [7, 11) is 6.32. The van der Waals surface area contributed by atoms with Crippen molar-refractivity contribution in [3.05, 3.63) is 36.7 Å². The van der Waals surface area contributed by atoms with Crippen molar-refractivity contribution in [2.24, 2.45) is 13.0 Å². The van der Waals surface area contributed by atoms with E-state index < -0.39 is 0 Å². The fraction of sp³-hybridized carbons (Fsp3) is 0.529. The van der Waals surface area contributed by atoms with E-state index >= 15 is 0 Å². The normalized spacial score (nSPS) is 21.7. The summed E-state index contributed by atoms with van der Waals surface area (Å²) in [6, 6.07) is 2.50. The number of fused-ring (bicyclic) bond motifs is 1. The van der Waals surface area contributed by atoms with Crippen LogP contribution >= 0.6 is 0 Å². The first kappa shape index (κ1) is 16.0. The molecule has 1 aliphatic rings. The molecular formula is C17H24N8. The topological polar surface area (TPSA) is 67.4 Å². The Bertz CT molecular complexity index is 853. The lowest BCUT2D eigenvalue weighted by molar-refractivity contribution is 0.118. The quantitative estimate of drug-likeness (QED) is 0.715. The molecule has 132 valence electrons. The van der Waals surface area contributed by atoms with Gasteiger partial charge >= 0.3 is 0 Å². The Morgan fingerprint density at radius 1 is 1.28 bits per heavy atom. The number of aryl methyl sites for hydroxylation is 1. The number of piperidine rings is 1. The summed E-state index contributed by atoms with van der Waals surface area (Å²) in [5, 5.41) is 12.6. The molecular weight excluding hydrogens is 316 g/mol. The van der Waals surface area contributed by atoms with Crippen molar-refractivity contribution in [2.75, 3.05) is 32.1 Å². The van der Waals surface area contributed by atoms with Crippen molar-refractivity contribution in [1.82, 2.24) is 34.3 Å². The lowest BCUT2D eigenvalue weighted by Crippen LogP contribution is -2.42. The molecule has 0 aliphatic carbocycles. The molecule has 4 heterocycles. The molecule has 3 aromatic heterocycles. The van der Waals surface area contributed by atoms with Gasteiger partial charge in [0.25, 0.3) is 0 Å². The molecule has 0 aromatic carbocycles. The highest BCUT2D eigenvalue weighted by Crippen LogP contribution is 2.35. The van der Waals surface area contributed by atoms with Crippen LogP contribution in [0.2, 0.25) is 0 Å². The summed E-state index contributed by atoms with van der Waals surface area (Å²) in [6.07, 6.45) is 9.68. The predicted molar refractivity (Wildman–Crippen MR) is 95.4 cm³/mol. The van der Waals surface area contributed by atoms with Crippen LogP contribution in [-0.2, 0) is 7.05 Å². The summed E-state index contributed by atoms with van der Waals surface area (Å²) in [4.78, 5) is 9.19. The zero-order valence-electron chi connectivity index (χ0n) is 14.9. The Hall–Kier alpha value is -2.48. The first-order chi connectivity index (χ1) is 12.1. The van der Waals surface area contributed by atoms with Gasteiger partial charge < -0.3 is 4.90 Å². The Labute approximate surface area is 147 Å². The van der Waals surface area contributed by atoms with Crippen LogP contribution in [0.25, 0.3) is 5.65 Å². The smallest absolute Gasteiger partial charge is 0.203 e. The predicted octanol–water partition coefficient (Wildman–Crippen LogP) is 1.38. The largest absolute Gasteiger partial charge is 0.356 e. The molecule has 1 fully saturated rings. The second-order valence-electron chi connectivity index (χ2n) is 6.90. The zero-order chi connectivity index (χ0) is 17.4. The molecule has 4 rings (SSSR count). The fourth-order valence-electron chi connectivity index (χ4n) is 4.05. The second-order valence-corrected chi connectivity index (χ2v) is 6.90. The van der Waals surface area contributed by atoms with E-state index in [1.165, 1.54) is 18.5 Å². The summed E-state index contributed by atoms with van der Waals surface area (Å²) in [5.41, 5.74) is 2.07. The van der Waals surface area contributed by atoms with Gasteiger partial charge in [-0.1, -0.05) is 0 Å². The van der Waals surface area contributed by atoms with Gasteiger partial charge in [-0.05, 0) is 38.4 Å². The fourth-order valence-corrected chi connectivity index (χ4v) is 4.05. The van der Waals surface area contributed by atoms with Crippen molar-refractivity contribution < 1.29 is 0 Å². The maximum Gasteiger partial charge on any atom is 0.203 e. The van der Waals surface area contributed by atoms with Crippen LogP contribution in [0, 0.1) is 5.92 Å². The monoisotopic (exact) mass is 340 g/mol. The maximum atomic E-state index is 4.54. The zero-order valence-corrected chi connectivity index (χ0v) is 14.9. The Morgan fingerprint density at radius 2 is 2.16 bits per heavy atom. The highest BCUT2D eigenvalue weighted by Gasteiger charge is 2.33. The third-order valence-corrected chi connectivity index (χ3v) is 5.24. The van der Waals surface area contributed by atoms with E-state index in [4.69, 9.17) is 0 Å². The Balaban J connectivity index is 1.61. The Kier molecular flexibility index (Phi) is 4.12. The molecule has 1 saturated heterocycles. The van der Waals surface area contributed by atoms with Crippen molar-refractivity contribution in [3.8, 4) is 0 Å². The van der Waals surface area contributed by atoms with Crippen molar-refractivity contribution in [1.29, 1.82) is 0 Å². The minimum atomic E-state index is 0.362. The van der Waals surface area contributed by atoms with Gasteiger partial charge in [0.1, 0.15) is 6.33 Å². The van der Waals surface area contributed by atoms with Crippen LogP contribution in [0.4, 0.5) is 5.82 Å². The molecule has 8 heteroatoms. The number of hydrogen-bond donors (Lipinski definition) is 0. The molecule has 0 bridgehead atoms. The van der Waals surface area contributed by atoms with Gasteiger partial charge in [0, 0.05) is 39.2 Å². The maximum absolute atomic E-state index is 4.54. The molecule has 2 atom stereocenters. The minimum Gasteiger partial charge on any atom is -0.356 e. The van der Waals surface area contributed by atoms with E-state index in [1.807, 2.05) is 28.5 Å². The van der Waals surface area contributed by atoms with E-state index in [1.54, 1.807) is 12.5 Å². The number of anilines is 1. The van der Waals surface area contributed by atoms with E-state index in [2.05, 4.69) is 50.2 Å². The van der Waals surface area contributed by atoms with Gasteiger partial charge in [0.15, 0.2) is 5.82 Å². The second kappa shape index (κ2) is 6.44. The van der Waals surface area contributed by atoms with Crippen LogP contribution in [0.1, 0.15) is 24.6 Å². The third kappa shape index (κ3) is 2.86. The van der Waals surface area contributed by atoms with Gasteiger partial charge in [-0.2, -0.15) is 5.10 Å². The summed E-state index contributed by atoms with van der Waals surface area (Å²) < 4.78 is 3.90. The van der Waals surface area contributed by atoms with Gasteiger partial charge in [-0.25, -0.2) is 4.98 Å². The summed E-state index contributed by atoms with van der Waals surface area (Å²) >= 11 is 0. The number of nitrogens with zero attached hydrogens (tertiary/aromatic N) is 8. The van der Waals surface area contributed by atoms with Gasteiger partial charge in [0.2, 0.25) is 5.65 Å². The molecule has 3 aromatic rings. The number of hydrogen-bond acceptors (Lipinski definition) is 6. The number of likely N-dealkylation sites (tertiary alicyclic amines) is 1. The van der Waals surface area contributed by atoms with Gasteiger partial charge in [-0.3, -0.25) is 14.0 Å². The average molecular weight is 340 g/mol. The number of rotatable bonds is 4. The van der Waals surface area contributed by atoms with Crippen molar-refractivity contribution in [3.63, 3.8) is 0 Å². The lowest BCUT2D eigenvalue weighted by Gasteiger charge is -2.40. The molecule has 8 nitrogen and oxygen atoms in total. The lowest BCUT2D eigenvalue weighted by atomic mass is 9.87. The van der Waals surface area contributed by atoms with Crippen molar-refractivity contribution >= 4 is 11.5 Å². The van der Waals surface area contributed by atoms with Crippen molar-refractivity contribution in [2.45, 2.75) is 18.9 Å². The van der Waals surface area contributed by atoms with Crippen LogP contribution in [0.15, 0.2) is 31.0 Å². The molecule has 0 saturated carbocycles. The molecule has 25 heavy (non-hydrogen) atoms. The third-order valence-electron chi connectivity index (χ3n) is 5.24. The van der Waals surface area contributed by atoms with Crippen LogP contribution < -0.4 is 4.90 Å². The van der Waals surface area contributed by atoms with E-state index in [0.717, 1.165) is 24.6 Å². The number of aromatic nitrogens is 6. The highest BCUT2D eigenvalue weighted by atomic mass is 15.3. The van der Waals surface area contributed by atoms with E-state index in [9.17, 15) is 0 Å². The molecule has 0 radical (unpaired) electrons. The van der Waals surface area contributed by atoms with E-state index in [0.29, 0.717) is 12.0 Å². The first-order valence-corrected chi connectivity index (χ1v) is 8.69. The van der Waals surface area contributed by atoms with Crippen LogP contribution in [-0.4, -0.2) is 61.4 Å². The van der Waals surface area contributed by atoms with Crippen LogP contribution in [0.5, 0.6) is 0 Å².